The first kappa shape index (κ1) is 17.6. The van der Waals surface area contributed by atoms with E-state index in [4.69, 9.17) is 15.2 Å². The number of anilines is 1. The summed E-state index contributed by atoms with van der Waals surface area (Å²) in [6.07, 6.45) is 0.604. The Kier molecular flexibility index (Phi) is 7.35. The van der Waals surface area contributed by atoms with Crippen molar-refractivity contribution in [3.05, 3.63) is 16.5 Å². The maximum Gasteiger partial charge on any atom is 0.341 e. The topological polar surface area (TPSA) is 90.7 Å². The monoisotopic (exact) mass is 314 g/mol. The zero-order chi connectivity index (χ0) is 15.8. The third-order valence-electron chi connectivity index (χ3n) is 2.89. The lowest BCUT2D eigenvalue weighted by molar-refractivity contribution is -0.118. The summed E-state index contributed by atoms with van der Waals surface area (Å²) in [5, 5.41) is 3.26. The van der Waals surface area contributed by atoms with E-state index >= 15 is 0 Å². The minimum atomic E-state index is -0.425. The van der Waals surface area contributed by atoms with Gasteiger partial charge in [0.25, 0.3) is 0 Å². The van der Waals surface area contributed by atoms with Crippen LogP contribution in [-0.4, -0.2) is 38.2 Å². The number of amides is 1. The molecule has 0 aliphatic carbocycles. The van der Waals surface area contributed by atoms with E-state index in [2.05, 4.69) is 5.32 Å². The van der Waals surface area contributed by atoms with E-state index in [-0.39, 0.29) is 25.0 Å². The smallest absolute Gasteiger partial charge is 0.341 e. The molecule has 1 rings (SSSR count). The highest BCUT2D eigenvalue weighted by Gasteiger charge is 2.20. The molecule has 1 atom stereocenters. The number of carbonyl (C=O) groups is 2. The molecule has 0 saturated heterocycles. The minimum absolute atomic E-state index is 0.147. The summed E-state index contributed by atoms with van der Waals surface area (Å²) in [7, 11) is 1.51. The second-order valence-corrected chi connectivity index (χ2v) is 5.51. The Morgan fingerprint density at radius 3 is 2.67 bits per heavy atom. The van der Waals surface area contributed by atoms with Crippen LogP contribution in [0.15, 0.2) is 6.07 Å². The van der Waals surface area contributed by atoms with Gasteiger partial charge in [0.05, 0.1) is 24.7 Å². The van der Waals surface area contributed by atoms with Crippen molar-refractivity contribution in [3.63, 3.8) is 0 Å². The molecule has 0 saturated carbocycles. The van der Waals surface area contributed by atoms with Crippen molar-refractivity contribution in [1.82, 2.24) is 0 Å². The number of thiophene rings is 1. The standard InChI is InChI=1S/C14H22N2O4S/c1-4-10-7-11(14(18)20-5-2)13(21-10)16-12(17)6-9(8-15)19-3/h7,9H,4-6,8,15H2,1-3H3,(H,16,17). The van der Waals surface area contributed by atoms with Gasteiger partial charge in [-0.3, -0.25) is 4.79 Å². The van der Waals surface area contributed by atoms with Gasteiger partial charge >= 0.3 is 5.97 Å². The molecular formula is C14H22N2O4S. The summed E-state index contributed by atoms with van der Waals surface area (Å²) in [5.74, 6) is -0.659. The first-order valence-electron chi connectivity index (χ1n) is 6.88. The summed E-state index contributed by atoms with van der Waals surface area (Å²) in [4.78, 5) is 24.9. The van der Waals surface area contributed by atoms with Gasteiger partial charge < -0.3 is 20.5 Å². The van der Waals surface area contributed by atoms with Crippen molar-refractivity contribution in [2.45, 2.75) is 32.8 Å². The molecule has 3 N–H and O–H groups in total. The predicted octanol–water partition coefficient (Wildman–Crippen LogP) is 1.79. The van der Waals surface area contributed by atoms with Gasteiger partial charge in [0, 0.05) is 18.5 Å². The van der Waals surface area contributed by atoms with Crippen LogP contribution in [-0.2, 0) is 20.7 Å². The molecule has 21 heavy (non-hydrogen) atoms. The van der Waals surface area contributed by atoms with Gasteiger partial charge in [-0.25, -0.2) is 4.79 Å². The van der Waals surface area contributed by atoms with E-state index in [1.165, 1.54) is 18.4 Å². The Morgan fingerprint density at radius 1 is 1.43 bits per heavy atom. The van der Waals surface area contributed by atoms with E-state index in [0.29, 0.717) is 17.2 Å². The number of nitrogens with one attached hydrogen (secondary N) is 1. The number of aryl methyl sites for hydroxylation is 1. The highest BCUT2D eigenvalue weighted by Crippen LogP contribution is 2.29. The zero-order valence-electron chi connectivity index (χ0n) is 12.6. The number of ether oxygens (including phenoxy) is 2. The summed E-state index contributed by atoms with van der Waals surface area (Å²) >= 11 is 1.38. The Labute approximate surface area is 128 Å². The lowest BCUT2D eigenvalue weighted by Crippen LogP contribution is -2.28. The molecule has 0 radical (unpaired) electrons. The Hall–Kier alpha value is -1.44. The number of carbonyl (C=O) groups excluding carboxylic acids is 2. The van der Waals surface area contributed by atoms with Crippen LogP contribution in [0.1, 0.15) is 35.5 Å². The summed E-state index contributed by atoms with van der Waals surface area (Å²) < 4.78 is 10.1. The Morgan fingerprint density at radius 2 is 2.14 bits per heavy atom. The Bertz CT molecular complexity index is 483. The molecule has 0 aliphatic heterocycles. The largest absolute Gasteiger partial charge is 0.462 e. The Balaban J connectivity index is 2.83. The fourth-order valence-corrected chi connectivity index (χ4v) is 2.72. The van der Waals surface area contributed by atoms with E-state index in [0.717, 1.165) is 11.3 Å². The third-order valence-corrected chi connectivity index (χ3v) is 4.08. The van der Waals surface area contributed by atoms with Crippen LogP contribution in [0.4, 0.5) is 5.00 Å². The van der Waals surface area contributed by atoms with Crippen LogP contribution in [0, 0.1) is 0 Å². The molecule has 1 heterocycles. The lowest BCUT2D eigenvalue weighted by Gasteiger charge is -2.12. The molecular weight excluding hydrogens is 292 g/mol. The minimum Gasteiger partial charge on any atom is -0.462 e. The molecule has 7 heteroatoms. The molecule has 0 fully saturated rings. The number of hydrogen-bond acceptors (Lipinski definition) is 6. The number of nitrogens with two attached hydrogens (primary N) is 1. The molecule has 1 aromatic heterocycles. The third kappa shape index (κ3) is 5.11. The van der Waals surface area contributed by atoms with E-state index in [1.807, 2.05) is 6.92 Å². The van der Waals surface area contributed by atoms with Crippen molar-refractivity contribution in [1.29, 1.82) is 0 Å². The average molecular weight is 314 g/mol. The molecule has 118 valence electrons. The maximum absolute atomic E-state index is 12.0. The second kappa shape index (κ2) is 8.76. The van der Waals surface area contributed by atoms with Crippen molar-refractivity contribution >= 4 is 28.2 Å². The van der Waals surface area contributed by atoms with Gasteiger partial charge in [-0.15, -0.1) is 11.3 Å². The molecule has 1 amide bonds. The maximum atomic E-state index is 12.0. The van der Waals surface area contributed by atoms with Crippen molar-refractivity contribution in [3.8, 4) is 0 Å². The fourth-order valence-electron chi connectivity index (χ4n) is 1.72. The van der Waals surface area contributed by atoms with Crippen molar-refractivity contribution in [2.24, 2.45) is 5.73 Å². The number of rotatable bonds is 8. The predicted molar refractivity (Wildman–Crippen MR) is 82.8 cm³/mol. The average Bonchev–Trinajstić information content (AvgIpc) is 2.88. The van der Waals surface area contributed by atoms with Crippen LogP contribution in [0.3, 0.4) is 0 Å². The van der Waals surface area contributed by atoms with E-state index in [1.54, 1.807) is 13.0 Å². The van der Waals surface area contributed by atoms with Crippen LogP contribution in [0.2, 0.25) is 0 Å². The molecule has 1 aromatic rings. The van der Waals surface area contributed by atoms with Crippen LogP contribution in [0.25, 0.3) is 0 Å². The van der Waals surface area contributed by atoms with Crippen LogP contribution < -0.4 is 11.1 Å². The molecule has 0 spiro atoms. The molecule has 0 aromatic carbocycles. The van der Waals surface area contributed by atoms with Gasteiger partial charge in [0.1, 0.15) is 5.00 Å². The van der Waals surface area contributed by atoms with Gasteiger partial charge in [-0.2, -0.15) is 0 Å². The SMILES string of the molecule is CCOC(=O)c1cc(CC)sc1NC(=O)CC(CN)OC. The van der Waals surface area contributed by atoms with E-state index < -0.39 is 5.97 Å². The summed E-state index contributed by atoms with van der Waals surface area (Å²) in [6.45, 7) is 4.29. The van der Waals surface area contributed by atoms with Gasteiger partial charge in [-0.05, 0) is 19.4 Å². The molecule has 0 bridgehead atoms. The van der Waals surface area contributed by atoms with Gasteiger partial charge in [0.15, 0.2) is 0 Å². The molecule has 1 unspecified atom stereocenters. The first-order valence-corrected chi connectivity index (χ1v) is 7.69. The highest BCUT2D eigenvalue weighted by atomic mass is 32.1. The highest BCUT2D eigenvalue weighted by molar-refractivity contribution is 7.16. The quantitative estimate of drug-likeness (QED) is 0.714. The van der Waals surface area contributed by atoms with Crippen molar-refractivity contribution in [2.75, 3.05) is 25.6 Å². The summed E-state index contributed by atoms with van der Waals surface area (Å²) in [6, 6.07) is 1.76. The van der Waals surface area contributed by atoms with Crippen LogP contribution in [0.5, 0.6) is 0 Å². The molecule has 0 aliphatic rings. The molecule has 6 nitrogen and oxygen atoms in total. The summed E-state index contributed by atoms with van der Waals surface area (Å²) in [5.41, 5.74) is 5.89. The van der Waals surface area contributed by atoms with Crippen molar-refractivity contribution < 1.29 is 19.1 Å². The number of esters is 1. The second-order valence-electron chi connectivity index (χ2n) is 4.38. The number of hydrogen-bond donors (Lipinski definition) is 2. The first-order chi connectivity index (χ1) is 10.0. The zero-order valence-corrected chi connectivity index (χ0v) is 13.4. The lowest BCUT2D eigenvalue weighted by atomic mass is 10.2. The number of methoxy groups -OCH3 is 1. The van der Waals surface area contributed by atoms with E-state index in [9.17, 15) is 9.59 Å². The fraction of sp³-hybridized carbons (Fsp3) is 0.571. The normalized spacial score (nSPS) is 12.0. The van der Waals surface area contributed by atoms with Gasteiger partial charge in [0.2, 0.25) is 5.91 Å². The van der Waals surface area contributed by atoms with Gasteiger partial charge in [-0.1, -0.05) is 6.92 Å². The van der Waals surface area contributed by atoms with Crippen LogP contribution >= 0.6 is 11.3 Å².